The molecular weight excluding hydrogens is 368 g/mol. The molecule has 0 bridgehead atoms. The van der Waals surface area contributed by atoms with Gasteiger partial charge < -0.3 is 14.2 Å². The van der Waals surface area contributed by atoms with E-state index < -0.39 is 5.97 Å². The number of hydrogen-bond acceptors (Lipinski definition) is 5. The number of carbonyl (C=O) groups is 2. The van der Waals surface area contributed by atoms with Gasteiger partial charge in [0.1, 0.15) is 18.1 Å². The normalized spacial score (nSPS) is 10.2. The van der Waals surface area contributed by atoms with Crippen molar-refractivity contribution in [1.29, 1.82) is 0 Å². The quantitative estimate of drug-likeness (QED) is 0.416. The van der Waals surface area contributed by atoms with Crippen LogP contribution >= 0.6 is 0 Å². The van der Waals surface area contributed by atoms with Gasteiger partial charge in [0.15, 0.2) is 0 Å². The number of ether oxygens (including phenoxy) is 3. The summed E-state index contributed by atoms with van der Waals surface area (Å²) in [5, 5.41) is 0. The van der Waals surface area contributed by atoms with E-state index in [4.69, 9.17) is 9.47 Å². The Bertz CT molecular complexity index is 931. The molecular formula is C24H22O5. The second-order valence-electron chi connectivity index (χ2n) is 6.41. The lowest BCUT2D eigenvalue weighted by Crippen LogP contribution is -2.08. The fraction of sp³-hybridized carbons (Fsp3) is 0.167. The Kier molecular flexibility index (Phi) is 7.00. The van der Waals surface area contributed by atoms with E-state index in [2.05, 4.69) is 4.74 Å². The number of rotatable bonds is 8. The Morgan fingerprint density at radius 2 is 1.41 bits per heavy atom. The van der Waals surface area contributed by atoms with Crippen LogP contribution < -0.4 is 9.47 Å². The van der Waals surface area contributed by atoms with Crippen molar-refractivity contribution < 1.29 is 23.8 Å². The second-order valence-corrected chi connectivity index (χ2v) is 6.41. The third kappa shape index (κ3) is 6.21. The highest BCUT2D eigenvalue weighted by Crippen LogP contribution is 2.17. The highest BCUT2D eigenvalue weighted by atomic mass is 16.5. The maximum absolute atomic E-state index is 12.2. The number of methoxy groups -OCH3 is 1. The van der Waals surface area contributed by atoms with Gasteiger partial charge in [-0.15, -0.1) is 0 Å². The van der Waals surface area contributed by atoms with Crippen LogP contribution in [0.5, 0.6) is 11.5 Å². The maximum Gasteiger partial charge on any atom is 0.343 e. The van der Waals surface area contributed by atoms with Gasteiger partial charge in [0.05, 0.1) is 12.7 Å². The highest BCUT2D eigenvalue weighted by Gasteiger charge is 2.08. The smallest absolute Gasteiger partial charge is 0.343 e. The molecule has 3 rings (SSSR count). The summed E-state index contributed by atoms with van der Waals surface area (Å²) < 4.78 is 15.7. The fourth-order valence-corrected chi connectivity index (χ4v) is 2.66. The van der Waals surface area contributed by atoms with E-state index in [1.54, 1.807) is 24.3 Å². The van der Waals surface area contributed by atoms with Gasteiger partial charge in [-0.2, -0.15) is 0 Å². The Labute approximate surface area is 169 Å². The lowest BCUT2D eigenvalue weighted by molar-refractivity contribution is -0.140. The summed E-state index contributed by atoms with van der Waals surface area (Å²) in [6.45, 7) is 0.384. The van der Waals surface area contributed by atoms with E-state index in [0.29, 0.717) is 30.8 Å². The van der Waals surface area contributed by atoms with Crippen molar-refractivity contribution >= 4 is 11.9 Å². The molecule has 0 aliphatic carbocycles. The summed E-state index contributed by atoms with van der Waals surface area (Å²) in [6, 6.07) is 23.7. The topological polar surface area (TPSA) is 61.8 Å². The Hall–Kier alpha value is -3.60. The fourth-order valence-electron chi connectivity index (χ4n) is 2.66. The van der Waals surface area contributed by atoms with E-state index in [9.17, 15) is 9.59 Å². The first-order valence-electron chi connectivity index (χ1n) is 9.29. The van der Waals surface area contributed by atoms with Crippen LogP contribution in [0.1, 0.15) is 27.9 Å². The molecule has 0 unspecified atom stereocenters. The van der Waals surface area contributed by atoms with Crippen LogP contribution in [0.15, 0.2) is 78.9 Å². The summed E-state index contributed by atoms with van der Waals surface area (Å²) in [6.07, 6.45) is 0.989. The van der Waals surface area contributed by atoms with Gasteiger partial charge in [-0.25, -0.2) is 4.79 Å². The first-order valence-corrected chi connectivity index (χ1v) is 9.29. The zero-order chi connectivity index (χ0) is 20.5. The summed E-state index contributed by atoms with van der Waals surface area (Å²) in [4.78, 5) is 23.4. The predicted octanol–water partition coefficient (Wildman–Crippen LogP) is 4.59. The van der Waals surface area contributed by atoms with Gasteiger partial charge >= 0.3 is 11.9 Å². The summed E-state index contributed by atoms with van der Waals surface area (Å²) in [7, 11) is 1.39. The van der Waals surface area contributed by atoms with E-state index in [1.165, 1.54) is 7.11 Å². The molecule has 5 nitrogen and oxygen atoms in total. The molecule has 0 amide bonds. The first-order chi connectivity index (χ1) is 14.1. The van der Waals surface area contributed by atoms with E-state index >= 15 is 0 Å². The summed E-state index contributed by atoms with van der Waals surface area (Å²) in [5.74, 6) is 0.631. The largest absolute Gasteiger partial charge is 0.489 e. The predicted molar refractivity (Wildman–Crippen MR) is 109 cm³/mol. The van der Waals surface area contributed by atoms with Gasteiger partial charge in [-0.1, -0.05) is 42.5 Å². The summed E-state index contributed by atoms with van der Waals surface area (Å²) in [5.41, 5.74) is 2.47. The van der Waals surface area contributed by atoms with Gasteiger partial charge in [-0.3, -0.25) is 4.79 Å². The zero-order valence-electron chi connectivity index (χ0n) is 16.2. The molecule has 0 radical (unpaired) electrons. The second kappa shape index (κ2) is 10.1. The molecule has 0 aliphatic rings. The van der Waals surface area contributed by atoms with Crippen LogP contribution in [0.3, 0.4) is 0 Å². The van der Waals surface area contributed by atoms with Crippen LogP contribution in [0.25, 0.3) is 0 Å². The molecule has 0 heterocycles. The molecule has 0 spiro atoms. The standard InChI is InChI=1S/C24H22O5/c1-27-23(25)16-11-18-9-14-21(15-10-18)28-17-19-7-12-20(13-8-19)24(26)29-22-5-3-2-4-6-22/h2-10,12-15H,11,16-17H2,1H3. The monoisotopic (exact) mass is 390 g/mol. The van der Waals surface area contributed by atoms with Crippen LogP contribution in [-0.4, -0.2) is 19.0 Å². The Morgan fingerprint density at radius 3 is 2.07 bits per heavy atom. The van der Waals surface area contributed by atoms with Gasteiger partial charge in [0.2, 0.25) is 0 Å². The molecule has 3 aromatic carbocycles. The van der Waals surface area contributed by atoms with Crippen molar-refractivity contribution in [3.8, 4) is 11.5 Å². The molecule has 5 heteroatoms. The third-order valence-electron chi connectivity index (χ3n) is 4.32. The lowest BCUT2D eigenvalue weighted by Gasteiger charge is -2.08. The summed E-state index contributed by atoms with van der Waals surface area (Å²) >= 11 is 0. The van der Waals surface area contributed by atoms with Gasteiger partial charge in [0, 0.05) is 6.42 Å². The van der Waals surface area contributed by atoms with E-state index in [1.807, 2.05) is 54.6 Å². The van der Waals surface area contributed by atoms with Crippen LogP contribution in [0.2, 0.25) is 0 Å². The number of carbonyl (C=O) groups excluding carboxylic acids is 2. The highest BCUT2D eigenvalue weighted by molar-refractivity contribution is 5.91. The number of esters is 2. The minimum Gasteiger partial charge on any atom is -0.489 e. The average molecular weight is 390 g/mol. The number of aryl methyl sites for hydroxylation is 1. The average Bonchev–Trinajstić information content (AvgIpc) is 2.77. The van der Waals surface area contributed by atoms with E-state index in [-0.39, 0.29) is 5.97 Å². The van der Waals surface area contributed by atoms with Gasteiger partial charge in [0.25, 0.3) is 0 Å². The number of para-hydroxylation sites is 1. The molecule has 3 aromatic rings. The number of benzene rings is 3. The van der Waals surface area contributed by atoms with Crippen molar-refractivity contribution in [2.75, 3.05) is 7.11 Å². The van der Waals surface area contributed by atoms with Crippen molar-refractivity contribution in [1.82, 2.24) is 0 Å². The zero-order valence-corrected chi connectivity index (χ0v) is 16.2. The Morgan fingerprint density at radius 1 is 0.759 bits per heavy atom. The van der Waals surface area contributed by atoms with Crippen LogP contribution in [0.4, 0.5) is 0 Å². The van der Waals surface area contributed by atoms with Crippen molar-refractivity contribution in [3.05, 3.63) is 95.6 Å². The minimum absolute atomic E-state index is 0.221. The third-order valence-corrected chi connectivity index (χ3v) is 4.32. The molecule has 29 heavy (non-hydrogen) atoms. The molecule has 0 saturated carbocycles. The van der Waals surface area contributed by atoms with Crippen molar-refractivity contribution in [2.24, 2.45) is 0 Å². The Balaban J connectivity index is 1.49. The molecule has 0 fully saturated rings. The first kappa shape index (κ1) is 20.1. The van der Waals surface area contributed by atoms with Crippen LogP contribution in [0, 0.1) is 0 Å². The number of hydrogen-bond donors (Lipinski definition) is 0. The molecule has 0 atom stereocenters. The SMILES string of the molecule is COC(=O)CCc1ccc(OCc2ccc(C(=O)Oc3ccccc3)cc2)cc1. The van der Waals surface area contributed by atoms with E-state index in [0.717, 1.165) is 16.9 Å². The maximum atomic E-state index is 12.2. The molecule has 0 aliphatic heterocycles. The lowest BCUT2D eigenvalue weighted by atomic mass is 10.1. The molecule has 0 aromatic heterocycles. The molecule has 148 valence electrons. The molecule has 0 N–H and O–H groups in total. The van der Waals surface area contributed by atoms with Crippen molar-refractivity contribution in [2.45, 2.75) is 19.4 Å². The minimum atomic E-state index is -0.397. The van der Waals surface area contributed by atoms with Crippen molar-refractivity contribution in [3.63, 3.8) is 0 Å². The van der Waals surface area contributed by atoms with Crippen LogP contribution in [-0.2, 0) is 22.6 Å². The molecule has 0 saturated heterocycles. The van der Waals surface area contributed by atoms with Gasteiger partial charge in [-0.05, 0) is 53.9 Å².